The summed E-state index contributed by atoms with van der Waals surface area (Å²) >= 11 is 3.27. The molecule has 0 bridgehead atoms. The highest BCUT2D eigenvalue weighted by Gasteiger charge is 1.89. The van der Waals surface area contributed by atoms with E-state index >= 15 is 0 Å². The van der Waals surface area contributed by atoms with Crippen LogP contribution < -0.4 is 5.32 Å². The zero-order valence-electron chi connectivity index (χ0n) is 6.88. The molecule has 0 saturated carbocycles. The highest BCUT2D eigenvalue weighted by atomic mass is 79.9. The SMILES string of the molecule is CCCNc1ccc(Br)nc1.Cl. The second-order valence-electron chi connectivity index (χ2n) is 2.30. The first-order valence-electron chi connectivity index (χ1n) is 3.68. The van der Waals surface area contributed by atoms with Gasteiger partial charge in [-0.2, -0.15) is 0 Å². The summed E-state index contributed by atoms with van der Waals surface area (Å²) in [7, 11) is 0. The molecule has 0 amide bonds. The first-order valence-corrected chi connectivity index (χ1v) is 4.47. The van der Waals surface area contributed by atoms with Gasteiger partial charge in [0.2, 0.25) is 0 Å². The van der Waals surface area contributed by atoms with Gasteiger partial charge in [0.1, 0.15) is 4.60 Å². The summed E-state index contributed by atoms with van der Waals surface area (Å²) in [4.78, 5) is 4.09. The predicted octanol–water partition coefficient (Wildman–Crippen LogP) is 3.09. The lowest BCUT2D eigenvalue weighted by atomic mass is 10.4. The monoisotopic (exact) mass is 250 g/mol. The number of hydrogen-bond donors (Lipinski definition) is 1. The molecule has 2 nitrogen and oxygen atoms in total. The second-order valence-corrected chi connectivity index (χ2v) is 3.11. The van der Waals surface area contributed by atoms with Crippen LogP contribution in [0.5, 0.6) is 0 Å². The first kappa shape index (κ1) is 11.7. The molecule has 0 aliphatic carbocycles. The molecule has 0 fully saturated rings. The lowest BCUT2D eigenvalue weighted by molar-refractivity contribution is 0.977. The Kier molecular flexibility index (Phi) is 6.11. The van der Waals surface area contributed by atoms with E-state index in [2.05, 4.69) is 33.2 Å². The van der Waals surface area contributed by atoms with Gasteiger partial charge in [-0.3, -0.25) is 0 Å². The maximum Gasteiger partial charge on any atom is 0.106 e. The minimum atomic E-state index is 0. The minimum absolute atomic E-state index is 0. The summed E-state index contributed by atoms with van der Waals surface area (Å²) in [6.07, 6.45) is 2.95. The molecule has 4 heteroatoms. The van der Waals surface area contributed by atoms with Gasteiger partial charge in [0.25, 0.3) is 0 Å². The van der Waals surface area contributed by atoms with E-state index < -0.39 is 0 Å². The predicted molar refractivity (Wildman–Crippen MR) is 58.0 cm³/mol. The summed E-state index contributed by atoms with van der Waals surface area (Å²) in [5.41, 5.74) is 1.08. The standard InChI is InChI=1S/C8H11BrN2.ClH/c1-2-5-10-7-3-4-8(9)11-6-7;/h3-4,6,10H,2,5H2,1H3;1H. The van der Waals surface area contributed by atoms with Gasteiger partial charge in [0.15, 0.2) is 0 Å². The summed E-state index contributed by atoms with van der Waals surface area (Å²) in [6, 6.07) is 3.94. The minimum Gasteiger partial charge on any atom is -0.384 e. The van der Waals surface area contributed by atoms with Gasteiger partial charge in [-0.25, -0.2) is 4.98 Å². The Balaban J connectivity index is 0.00000121. The van der Waals surface area contributed by atoms with Crippen LogP contribution in [0.3, 0.4) is 0 Å². The molecule has 1 N–H and O–H groups in total. The Bertz CT molecular complexity index is 213. The molecular weight excluding hydrogens is 239 g/mol. The molecule has 12 heavy (non-hydrogen) atoms. The average Bonchev–Trinajstić information content (AvgIpc) is 2.04. The van der Waals surface area contributed by atoms with Crippen molar-refractivity contribution in [3.8, 4) is 0 Å². The number of hydrogen-bond acceptors (Lipinski definition) is 2. The number of nitrogens with zero attached hydrogens (tertiary/aromatic N) is 1. The second kappa shape index (κ2) is 6.26. The Morgan fingerprint density at radius 1 is 1.50 bits per heavy atom. The lowest BCUT2D eigenvalue weighted by Gasteiger charge is -2.02. The normalized spacial score (nSPS) is 8.83. The van der Waals surface area contributed by atoms with E-state index in [1.807, 2.05) is 18.3 Å². The van der Waals surface area contributed by atoms with Crippen LogP contribution in [0.1, 0.15) is 13.3 Å². The summed E-state index contributed by atoms with van der Waals surface area (Å²) in [5, 5.41) is 3.24. The van der Waals surface area contributed by atoms with Crippen LogP contribution in [-0.2, 0) is 0 Å². The summed E-state index contributed by atoms with van der Waals surface area (Å²) < 4.78 is 0.875. The molecule has 1 aromatic rings. The fourth-order valence-electron chi connectivity index (χ4n) is 0.750. The molecule has 1 rings (SSSR count). The van der Waals surface area contributed by atoms with E-state index in [0.717, 1.165) is 23.3 Å². The quantitative estimate of drug-likeness (QED) is 0.835. The molecule has 0 saturated heterocycles. The van der Waals surface area contributed by atoms with Gasteiger partial charge in [-0.05, 0) is 34.5 Å². The maximum absolute atomic E-state index is 4.09. The third-order valence-corrected chi connectivity index (χ3v) is 1.78. The van der Waals surface area contributed by atoms with E-state index in [1.165, 1.54) is 0 Å². The number of rotatable bonds is 3. The number of halogens is 2. The smallest absolute Gasteiger partial charge is 0.106 e. The zero-order chi connectivity index (χ0) is 8.10. The zero-order valence-corrected chi connectivity index (χ0v) is 9.28. The van der Waals surface area contributed by atoms with Gasteiger partial charge in [0.05, 0.1) is 11.9 Å². The van der Waals surface area contributed by atoms with Gasteiger partial charge in [-0.1, -0.05) is 6.92 Å². The Hall–Kier alpha value is -0.280. The first-order chi connectivity index (χ1) is 5.33. The number of anilines is 1. The highest BCUT2D eigenvalue weighted by molar-refractivity contribution is 9.10. The van der Waals surface area contributed by atoms with Crippen molar-refractivity contribution >= 4 is 34.0 Å². The molecular formula is C8H12BrClN2. The molecule has 0 aromatic carbocycles. The third-order valence-electron chi connectivity index (χ3n) is 1.31. The number of aromatic nitrogens is 1. The van der Waals surface area contributed by atoms with E-state index in [9.17, 15) is 0 Å². The molecule has 68 valence electrons. The highest BCUT2D eigenvalue weighted by Crippen LogP contribution is 2.09. The Morgan fingerprint density at radius 3 is 2.75 bits per heavy atom. The van der Waals surface area contributed by atoms with Gasteiger partial charge < -0.3 is 5.32 Å². The lowest BCUT2D eigenvalue weighted by Crippen LogP contribution is -1.99. The van der Waals surface area contributed by atoms with E-state index in [1.54, 1.807) is 0 Å². The molecule has 0 aliphatic rings. The average molecular weight is 252 g/mol. The topological polar surface area (TPSA) is 24.9 Å². The van der Waals surface area contributed by atoms with E-state index in [-0.39, 0.29) is 12.4 Å². The van der Waals surface area contributed by atoms with Crippen molar-refractivity contribution in [3.63, 3.8) is 0 Å². The number of pyridine rings is 1. The van der Waals surface area contributed by atoms with Crippen molar-refractivity contribution in [1.29, 1.82) is 0 Å². The van der Waals surface area contributed by atoms with Crippen molar-refractivity contribution in [1.82, 2.24) is 4.98 Å². The molecule has 0 radical (unpaired) electrons. The van der Waals surface area contributed by atoms with Crippen molar-refractivity contribution in [2.24, 2.45) is 0 Å². The summed E-state index contributed by atoms with van der Waals surface area (Å²) in [6.45, 7) is 3.14. The molecule has 0 spiro atoms. The van der Waals surface area contributed by atoms with E-state index in [0.29, 0.717) is 0 Å². The van der Waals surface area contributed by atoms with Crippen LogP contribution in [-0.4, -0.2) is 11.5 Å². The van der Waals surface area contributed by atoms with Gasteiger partial charge in [-0.15, -0.1) is 12.4 Å². The molecule has 0 aliphatic heterocycles. The summed E-state index contributed by atoms with van der Waals surface area (Å²) in [5.74, 6) is 0. The van der Waals surface area contributed by atoms with Crippen LogP contribution in [0.2, 0.25) is 0 Å². The van der Waals surface area contributed by atoms with Crippen molar-refractivity contribution in [2.45, 2.75) is 13.3 Å². The third kappa shape index (κ3) is 3.93. The fraction of sp³-hybridized carbons (Fsp3) is 0.375. The Labute approximate surface area is 87.3 Å². The Morgan fingerprint density at radius 2 is 2.25 bits per heavy atom. The van der Waals surface area contributed by atoms with Crippen molar-refractivity contribution < 1.29 is 0 Å². The van der Waals surface area contributed by atoms with Crippen LogP contribution >= 0.6 is 28.3 Å². The van der Waals surface area contributed by atoms with Crippen molar-refractivity contribution in [2.75, 3.05) is 11.9 Å². The van der Waals surface area contributed by atoms with Crippen LogP contribution in [0.4, 0.5) is 5.69 Å². The molecule has 1 aromatic heterocycles. The van der Waals surface area contributed by atoms with Crippen LogP contribution in [0, 0.1) is 0 Å². The van der Waals surface area contributed by atoms with Gasteiger partial charge >= 0.3 is 0 Å². The van der Waals surface area contributed by atoms with E-state index in [4.69, 9.17) is 0 Å². The molecule has 1 heterocycles. The number of nitrogens with one attached hydrogen (secondary N) is 1. The van der Waals surface area contributed by atoms with Gasteiger partial charge in [0, 0.05) is 6.54 Å². The molecule has 0 atom stereocenters. The van der Waals surface area contributed by atoms with Crippen LogP contribution in [0.25, 0.3) is 0 Å². The van der Waals surface area contributed by atoms with Crippen LogP contribution in [0.15, 0.2) is 22.9 Å². The largest absolute Gasteiger partial charge is 0.384 e. The fourth-order valence-corrected chi connectivity index (χ4v) is 0.984. The molecule has 0 unspecified atom stereocenters. The maximum atomic E-state index is 4.09. The van der Waals surface area contributed by atoms with Crippen molar-refractivity contribution in [3.05, 3.63) is 22.9 Å².